The van der Waals surface area contributed by atoms with E-state index in [4.69, 9.17) is 9.15 Å². The number of hydrogen-bond acceptors (Lipinski definition) is 5. The number of aryl methyl sites for hydroxylation is 1. The maximum atomic E-state index is 11.6. The summed E-state index contributed by atoms with van der Waals surface area (Å²) in [6.45, 7) is 5.90. The van der Waals surface area contributed by atoms with Crippen LogP contribution in [0.25, 0.3) is 0 Å². The third-order valence-corrected chi connectivity index (χ3v) is 3.44. The van der Waals surface area contributed by atoms with Crippen LogP contribution in [0.15, 0.2) is 35.0 Å². The number of carbonyl (C=O) groups excluding carboxylic acids is 1. The Bertz CT molecular complexity index is 607. The minimum absolute atomic E-state index is 0.0229. The Kier molecular flexibility index (Phi) is 4.75. The van der Waals surface area contributed by atoms with Gasteiger partial charge in [0.15, 0.2) is 0 Å². The van der Waals surface area contributed by atoms with E-state index in [1.165, 1.54) is 7.11 Å². The van der Waals surface area contributed by atoms with Crippen LogP contribution in [-0.2, 0) is 4.74 Å². The van der Waals surface area contributed by atoms with Crippen LogP contribution in [0.2, 0.25) is 0 Å². The zero-order valence-electron chi connectivity index (χ0n) is 12.7. The first-order valence-corrected chi connectivity index (χ1v) is 6.87. The minimum atomic E-state index is -0.451. The molecule has 2 aromatic heterocycles. The average molecular weight is 288 g/mol. The molecule has 0 amide bonds. The fraction of sp³-hybridized carbons (Fsp3) is 0.375. The molecule has 0 bridgehead atoms. The number of hydrogen-bond donors (Lipinski definition) is 1. The van der Waals surface area contributed by atoms with Crippen molar-refractivity contribution < 1.29 is 13.9 Å². The molecule has 0 radical (unpaired) electrons. The number of esters is 1. The fourth-order valence-electron chi connectivity index (χ4n) is 2.22. The van der Waals surface area contributed by atoms with Crippen molar-refractivity contribution in [1.29, 1.82) is 0 Å². The predicted molar refractivity (Wildman–Crippen MR) is 79.0 cm³/mol. The molecular weight excluding hydrogens is 268 g/mol. The predicted octanol–water partition coefficient (Wildman–Crippen LogP) is 3.18. The zero-order valence-corrected chi connectivity index (χ0v) is 12.7. The Balaban J connectivity index is 2.10. The molecule has 21 heavy (non-hydrogen) atoms. The molecule has 0 aromatic carbocycles. The lowest BCUT2D eigenvalue weighted by Crippen LogP contribution is -2.22. The molecule has 0 aliphatic heterocycles. The van der Waals surface area contributed by atoms with Gasteiger partial charge in [0.05, 0.1) is 13.2 Å². The highest BCUT2D eigenvalue weighted by Crippen LogP contribution is 2.24. The second-order valence-electron chi connectivity index (χ2n) is 5.04. The van der Waals surface area contributed by atoms with Crippen LogP contribution in [0.1, 0.15) is 53.4 Å². The molecular formula is C16H20N2O3. The van der Waals surface area contributed by atoms with Gasteiger partial charge in [0.2, 0.25) is 5.76 Å². The van der Waals surface area contributed by atoms with Crippen molar-refractivity contribution >= 4 is 5.97 Å². The van der Waals surface area contributed by atoms with Crippen molar-refractivity contribution in [1.82, 2.24) is 10.3 Å². The number of nitrogens with zero attached hydrogens (tertiary/aromatic N) is 1. The lowest BCUT2D eigenvalue weighted by atomic mass is 10.1. The van der Waals surface area contributed by atoms with Crippen molar-refractivity contribution in [2.24, 2.45) is 0 Å². The molecule has 5 heteroatoms. The van der Waals surface area contributed by atoms with Gasteiger partial charge in [0.1, 0.15) is 5.76 Å². The van der Waals surface area contributed by atoms with E-state index in [-0.39, 0.29) is 17.8 Å². The molecule has 0 saturated heterocycles. The summed E-state index contributed by atoms with van der Waals surface area (Å²) in [5.74, 6) is 0.527. The van der Waals surface area contributed by atoms with E-state index < -0.39 is 5.97 Å². The number of methoxy groups -OCH3 is 1. The quantitative estimate of drug-likeness (QED) is 0.856. The highest BCUT2D eigenvalue weighted by atomic mass is 16.5. The molecule has 2 rings (SSSR count). The van der Waals surface area contributed by atoms with E-state index in [2.05, 4.69) is 17.2 Å². The van der Waals surface area contributed by atoms with Crippen LogP contribution in [0.5, 0.6) is 0 Å². The van der Waals surface area contributed by atoms with Crippen LogP contribution < -0.4 is 5.32 Å². The molecule has 0 saturated carbocycles. The second-order valence-corrected chi connectivity index (χ2v) is 5.04. The number of carbonyl (C=O) groups is 1. The highest BCUT2D eigenvalue weighted by molar-refractivity contribution is 5.87. The van der Waals surface area contributed by atoms with Crippen molar-refractivity contribution in [3.05, 3.63) is 53.2 Å². The van der Waals surface area contributed by atoms with E-state index in [1.54, 1.807) is 12.4 Å². The van der Waals surface area contributed by atoms with Gasteiger partial charge in [0, 0.05) is 24.0 Å². The van der Waals surface area contributed by atoms with Gasteiger partial charge in [-0.2, -0.15) is 0 Å². The summed E-state index contributed by atoms with van der Waals surface area (Å²) in [6.07, 6.45) is 3.54. The van der Waals surface area contributed by atoms with Crippen LogP contribution in [-0.4, -0.2) is 18.1 Å². The number of nitrogens with one attached hydrogen (secondary N) is 1. The van der Waals surface area contributed by atoms with Crippen LogP contribution in [0, 0.1) is 6.92 Å². The lowest BCUT2D eigenvalue weighted by molar-refractivity contribution is 0.0561. The first kappa shape index (κ1) is 15.3. The summed E-state index contributed by atoms with van der Waals surface area (Å²) in [7, 11) is 1.34. The molecule has 2 atom stereocenters. The smallest absolute Gasteiger partial charge is 0.374 e. The van der Waals surface area contributed by atoms with Gasteiger partial charge in [-0.25, -0.2) is 4.79 Å². The van der Waals surface area contributed by atoms with Gasteiger partial charge in [-0.3, -0.25) is 4.98 Å². The minimum Gasteiger partial charge on any atom is -0.463 e. The van der Waals surface area contributed by atoms with Gasteiger partial charge >= 0.3 is 5.97 Å². The van der Waals surface area contributed by atoms with Gasteiger partial charge in [-0.05, 0) is 44.5 Å². The third kappa shape index (κ3) is 3.49. The molecule has 1 N–H and O–H groups in total. The average Bonchev–Trinajstić information content (AvgIpc) is 2.89. The van der Waals surface area contributed by atoms with Gasteiger partial charge in [-0.15, -0.1) is 0 Å². The first-order valence-electron chi connectivity index (χ1n) is 6.87. The summed E-state index contributed by atoms with van der Waals surface area (Å²) < 4.78 is 10.3. The van der Waals surface area contributed by atoms with E-state index in [9.17, 15) is 4.79 Å². The molecule has 0 spiro atoms. The fourth-order valence-corrected chi connectivity index (χ4v) is 2.22. The van der Waals surface area contributed by atoms with E-state index in [0.29, 0.717) is 5.76 Å². The zero-order chi connectivity index (χ0) is 15.4. The maximum absolute atomic E-state index is 11.6. The third-order valence-electron chi connectivity index (χ3n) is 3.44. The monoisotopic (exact) mass is 288 g/mol. The molecule has 2 heterocycles. The molecule has 0 aliphatic rings. The summed E-state index contributed by atoms with van der Waals surface area (Å²) in [6, 6.07) is 5.93. The molecule has 5 nitrogen and oxygen atoms in total. The normalized spacial score (nSPS) is 13.7. The number of furan rings is 1. The Labute approximate surface area is 124 Å². The summed E-state index contributed by atoms with van der Waals surface area (Å²) in [4.78, 5) is 15.6. The second kappa shape index (κ2) is 6.54. The number of pyridine rings is 1. The summed E-state index contributed by atoms with van der Waals surface area (Å²) in [5.41, 5.74) is 1.93. The summed E-state index contributed by atoms with van der Waals surface area (Å²) in [5, 5.41) is 3.44. The van der Waals surface area contributed by atoms with Gasteiger partial charge < -0.3 is 14.5 Å². The van der Waals surface area contributed by atoms with Crippen LogP contribution >= 0.6 is 0 Å². The molecule has 0 fully saturated rings. The number of rotatable bonds is 5. The highest BCUT2D eigenvalue weighted by Gasteiger charge is 2.20. The van der Waals surface area contributed by atoms with Crippen molar-refractivity contribution in [2.75, 3.05) is 7.11 Å². The standard InChI is InChI=1S/C16H20N2O3/c1-10-9-14(21-15(10)16(19)20-4)12(3)18-11(2)13-5-7-17-8-6-13/h5-9,11-12,18H,1-4H3/t11-,12+/m0/s1. The van der Waals surface area contributed by atoms with E-state index in [0.717, 1.165) is 11.1 Å². The Morgan fingerprint density at radius 3 is 2.57 bits per heavy atom. The molecule has 2 aromatic rings. The lowest BCUT2D eigenvalue weighted by Gasteiger charge is -2.18. The number of ether oxygens (including phenoxy) is 1. The van der Waals surface area contributed by atoms with Crippen molar-refractivity contribution in [3.8, 4) is 0 Å². The molecule has 0 unspecified atom stereocenters. The Morgan fingerprint density at radius 2 is 1.95 bits per heavy atom. The van der Waals surface area contributed by atoms with E-state index in [1.807, 2.05) is 32.0 Å². The Morgan fingerprint density at radius 1 is 1.29 bits per heavy atom. The maximum Gasteiger partial charge on any atom is 0.374 e. The summed E-state index contributed by atoms with van der Waals surface area (Å²) >= 11 is 0. The van der Waals surface area contributed by atoms with Crippen LogP contribution in [0.3, 0.4) is 0 Å². The largest absolute Gasteiger partial charge is 0.463 e. The van der Waals surface area contributed by atoms with Crippen LogP contribution in [0.4, 0.5) is 0 Å². The molecule has 112 valence electrons. The Hall–Kier alpha value is -2.14. The topological polar surface area (TPSA) is 64.4 Å². The van der Waals surface area contributed by atoms with Crippen molar-refractivity contribution in [3.63, 3.8) is 0 Å². The first-order chi connectivity index (χ1) is 10.0. The number of aromatic nitrogens is 1. The van der Waals surface area contributed by atoms with E-state index >= 15 is 0 Å². The molecule has 0 aliphatic carbocycles. The van der Waals surface area contributed by atoms with Gasteiger partial charge in [-0.1, -0.05) is 0 Å². The van der Waals surface area contributed by atoms with Crippen molar-refractivity contribution in [2.45, 2.75) is 32.9 Å². The van der Waals surface area contributed by atoms with Gasteiger partial charge in [0.25, 0.3) is 0 Å². The SMILES string of the molecule is COC(=O)c1oc([C@@H](C)N[C@@H](C)c2ccncc2)cc1C.